The molecular weight excluding hydrogens is 450 g/mol. The number of thioether (sulfide) groups is 1. The van der Waals surface area contributed by atoms with E-state index in [0.29, 0.717) is 38.0 Å². The van der Waals surface area contributed by atoms with E-state index in [1.807, 2.05) is 0 Å². The molecule has 0 aliphatic carbocycles. The highest BCUT2D eigenvalue weighted by molar-refractivity contribution is 7.98. The van der Waals surface area contributed by atoms with Crippen molar-refractivity contribution < 1.29 is 13.2 Å². The van der Waals surface area contributed by atoms with Crippen LogP contribution in [-0.4, -0.2) is 49.0 Å². The van der Waals surface area contributed by atoms with Gasteiger partial charge in [0.05, 0.1) is 23.9 Å². The van der Waals surface area contributed by atoms with Crippen molar-refractivity contribution in [1.82, 2.24) is 14.3 Å². The van der Waals surface area contributed by atoms with Crippen LogP contribution in [-0.2, 0) is 20.5 Å². The molecule has 0 atom stereocenters. The largest absolute Gasteiger partial charge is 0.379 e. The Morgan fingerprint density at radius 1 is 1.13 bits per heavy atom. The van der Waals surface area contributed by atoms with Gasteiger partial charge in [-0.2, -0.15) is 4.31 Å². The van der Waals surface area contributed by atoms with E-state index in [1.54, 1.807) is 35.2 Å². The fraction of sp³-hybridized carbons (Fsp3) is 0.364. The Morgan fingerprint density at radius 3 is 2.52 bits per heavy atom. The summed E-state index contributed by atoms with van der Waals surface area (Å²) in [5, 5.41) is 3.85. The number of thiazole rings is 1. The molecule has 3 aromatic rings. The summed E-state index contributed by atoms with van der Waals surface area (Å²) < 4.78 is 32.1. The summed E-state index contributed by atoms with van der Waals surface area (Å²) in [6, 6.07) is 12.0. The van der Waals surface area contributed by atoms with Gasteiger partial charge in [0.1, 0.15) is 9.90 Å². The molecule has 9 heteroatoms. The number of rotatable bonds is 7. The van der Waals surface area contributed by atoms with E-state index >= 15 is 0 Å². The van der Waals surface area contributed by atoms with Crippen LogP contribution in [0.15, 0.2) is 57.9 Å². The lowest BCUT2D eigenvalue weighted by molar-refractivity contribution is 0.0730. The molecule has 4 rings (SSSR count). The van der Waals surface area contributed by atoms with Crippen LogP contribution in [0.1, 0.15) is 31.0 Å². The first-order valence-corrected chi connectivity index (χ1v) is 13.5. The van der Waals surface area contributed by atoms with Crippen molar-refractivity contribution in [2.24, 2.45) is 0 Å². The number of pyridine rings is 1. The maximum atomic E-state index is 12.7. The summed E-state index contributed by atoms with van der Waals surface area (Å²) in [7, 11) is -3.51. The van der Waals surface area contributed by atoms with Gasteiger partial charge in [0.2, 0.25) is 10.0 Å². The van der Waals surface area contributed by atoms with Gasteiger partial charge in [0.15, 0.2) is 0 Å². The Hall–Kier alpha value is -1.78. The average Bonchev–Trinajstić information content (AvgIpc) is 3.28. The molecule has 2 aromatic heterocycles. The van der Waals surface area contributed by atoms with Gasteiger partial charge in [-0.3, -0.25) is 0 Å². The second-order valence-corrected chi connectivity index (χ2v) is 11.3. The number of aromatic nitrogens is 2. The molecule has 3 heterocycles. The average molecular weight is 476 g/mol. The number of hydrogen-bond donors (Lipinski definition) is 0. The zero-order valence-corrected chi connectivity index (χ0v) is 20.0. The van der Waals surface area contributed by atoms with E-state index in [0.717, 1.165) is 21.3 Å². The maximum Gasteiger partial charge on any atom is 0.244 e. The molecule has 1 saturated heterocycles. The SMILES string of the molecule is CC(C)c1ccc(-c2nc(CSc3ccc(S(=O)(=O)N4CCOCC4)cn3)cs2)cc1. The lowest BCUT2D eigenvalue weighted by Crippen LogP contribution is -2.40. The molecule has 0 radical (unpaired) electrons. The quantitative estimate of drug-likeness (QED) is 0.464. The van der Waals surface area contributed by atoms with Crippen LogP contribution < -0.4 is 0 Å². The van der Waals surface area contributed by atoms with E-state index < -0.39 is 10.0 Å². The van der Waals surface area contributed by atoms with Crippen LogP contribution in [0.25, 0.3) is 10.6 Å². The van der Waals surface area contributed by atoms with Crippen LogP contribution in [0.4, 0.5) is 0 Å². The molecular formula is C22H25N3O3S3. The van der Waals surface area contributed by atoms with Crippen LogP contribution in [0.2, 0.25) is 0 Å². The van der Waals surface area contributed by atoms with Crippen molar-refractivity contribution in [2.45, 2.75) is 35.4 Å². The topological polar surface area (TPSA) is 72.4 Å². The molecule has 1 aromatic carbocycles. The highest BCUT2D eigenvalue weighted by atomic mass is 32.2. The molecule has 0 saturated carbocycles. The molecule has 0 unspecified atom stereocenters. The zero-order valence-electron chi connectivity index (χ0n) is 17.5. The second-order valence-electron chi connectivity index (χ2n) is 7.56. The summed E-state index contributed by atoms with van der Waals surface area (Å²) in [6.45, 7) is 5.99. The number of morpholine rings is 1. The molecule has 1 fully saturated rings. The summed E-state index contributed by atoms with van der Waals surface area (Å²) in [5.74, 6) is 1.20. The van der Waals surface area contributed by atoms with Crippen molar-refractivity contribution in [2.75, 3.05) is 26.3 Å². The number of hydrogen-bond acceptors (Lipinski definition) is 7. The van der Waals surface area contributed by atoms with E-state index in [9.17, 15) is 8.42 Å². The number of ether oxygens (including phenoxy) is 1. The van der Waals surface area contributed by atoms with Gasteiger partial charge < -0.3 is 4.74 Å². The molecule has 6 nitrogen and oxygen atoms in total. The van der Waals surface area contributed by atoms with Crippen molar-refractivity contribution in [1.29, 1.82) is 0 Å². The smallest absolute Gasteiger partial charge is 0.244 e. The Balaban J connectivity index is 1.37. The summed E-state index contributed by atoms with van der Waals surface area (Å²) in [5.41, 5.74) is 3.44. The van der Waals surface area contributed by atoms with E-state index in [2.05, 4.69) is 48.5 Å². The Kier molecular flexibility index (Phi) is 7.08. The third-order valence-electron chi connectivity index (χ3n) is 5.06. The highest BCUT2D eigenvalue weighted by Crippen LogP contribution is 2.29. The van der Waals surface area contributed by atoms with Crippen LogP contribution in [0.5, 0.6) is 0 Å². The van der Waals surface area contributed by atoms with Crippen molar-refractivity contribution in [3.8, 4) is 10.6 Å². The Labute approximate surface area is 191 Å². The van der Waals surface area contributed by atoms with E-state index in [1.165, 1.54) is 16.1 Å². The predicted molar refractivity (Wildman–Crippen MR) is 125 cm³/mol. The first-order valence-electron chi connectivity index (χ1n) is 10.1. The highest BCUT2D eigenvalue weighted by Gasteiger charge is 2.26. The molecule has 0 amide bonds. The third-order valence-corrected chi connectivity index (χ3v) is 8.86. The lowest BCUT2D eigenvalue weighted by atomic mass is 10.0. The van der Waals surface area contributed by atoms with Gasteiger partial charge in [-0.25, -0.2) is 18.4 Å². The first kappa shape index (κ1) is 22.4. The molecule has 1 aliphatic heterocycles. The molecule has 0 spiro atoms. The summed E-state index contributed by atoms with van der Waals surface area (Å²) in [4.78, 5) is 9.31. The molecule has 31 heavy (non-hydrogen) atoms. The molecule has 0 bridgehead atoms. The van der Waals surface area contributed by atoms with Crippen LogP contribution in [0.3, 0.4) is 0 Å². The van der Waals surface area contributed by atoms with Gasteiger partial charge in [0.25, 0.3) is 0 Å². The molecule has 0 N–H and O–H groups in total. The number of benzene rings is 1. The van der Waals surface area contributed by atoms with Gasteiger partial charge in [-0.1, -0.05) is 38.1 Å². The van der Waals surface area contributed by atoms with Crippen LogP contribution in [0, 0.1) is 0 Å². The zero-order chi connectivity index (χ0) is 21.8. The normalized spacial score (nSPS) is 15.5. The third kappa shape index (κ3) is 5.35. The molecule has 164 valence electrons. The minimum absolute atomic E-state index is 0.222. The fourth-order valence-electron chi connectivity index (χ4n) is 3.21. The van der Waals surface area contributed by atoms with Crippen molar-refractivity contribution >= 4 is 33.1 Å². The van der Waals surface area contributed by atoms with Gasteiger partial charge in [0, 0.05) is 36.0 Å². The van der Waals surface area contributed by atoms with Gasteiger partial charge in [-0.05, 0) is 23.6 Å². The Bertz CT molecular complexity index is 1100. The Morgan fingerprint density at radius 2 is 1.87 bits per heavy atom. The minimum Gasteiger partial charge on any atom is -0.379 e. The minimum atomic E-state index is -3.51. The first-order chi connectivity index (χ1) is 14.9. The standard InChI is InChI=1S/C22H25N3O3S3/c1-16(2)17-3-5-18(6-4-17)22-24-19(15-30-22)14-29-21-8-7-20(13-23-21)31(26,27)25-9-11-28-12-10-25/h3-8,13,15-16H,9-12,14H2,1-2H3. The van der Waals surface area contributed by atoms with E-state index in [-0.39, 0.29) is 4.90 Å². The number of sulfonamides is 1. The second kappa shape index (κ2) is 9.79. The fourth-order valence-corrected chi connectivity index (χ4v) is 6.23. The van der Waals surface area contributed by atoms with Gasteiger partial charge >= 0.3 is 0 Å². The van der Waals surface area contributed by atoms with Crippen LogP contribution >= 0.6 is 23.1 Å². The molecule has 1 aliphatic rings. The summed E-state index contributed by atoms with van der Waals surface area (Å²) >= 11 is 3.18. The predicted octanol–water partition coefficient (Wildman–Crippen LogP) is 4.64. The monoisotopic (exact) mass is 475 g/mol. The van der Waals surface area contributed by atoms with E-state index in [4.69, 9.17) is 9.72 Å². The van der Waals surface area contributed by atoms with Gasteiger partial charge in [-0.15, -0.1) is 23.1 Å². The number of nitrogens with zero attached hydrogens (tertiary/aromatic N) is 3. The lowest BCUT2D eigenvalue weighted by Gasteiger charge is -2.25. The van der Waals surface area contributed by atoms with Crippen molar-refractivity contribution in [3.63, 3.8) is 0 Å². The maximum absolute atomic E-state index is 12.7. The summed E-state index contributed by atoms with van der Waals surface area (Å²) in [6.07, 6.45) is 1.44. The van der Waals surface area contributed by atoms with Crippen molar-refractivity contribution in [3.05, 3.63) is 59.2 Å².